The van der Waals surface area contributed by atoms with Crippen molar-refractivity contribution in [3.63, 3.8) is 0 Å². The molecule has 2 amide bonds. The van der Waals surface area contributed by atoms with Crippen LogP contribution in [0.15, 0.2) is 66.7 Å². The number of halogens is 1. The molecule has 3 aromatic carbocycles. The molecule has 0 aliphatic carbocycles. The Hall–Kier alpha value is -3.51. The number of hydrogen-bond acceptors (Lipinski definition) is 4. The zero-order valence-corrected chi connectivity index (χ0v) is 18.2. The number of anilines is 4. The Morgan fingerprint density at radius 3 is 2.19 bits per heavy atom. The van der Waals surface area contributed by atoms with Crippen LogP contribution in [0.3, 0.4) is 0 Å². The molecule has 3 rings (SSSR count). The van der Waals surface area contributed by atoms with Crippen LogP contribution in [0.5, 0.6) is 0 Å². The molecular weight excluding hydrogens is 412 g/mol. The lowest BCUT2D eigenvalue weighted by Gasteiger charge is -2.18. The summed E-state index contributed by atoms with van der Waals surface area (Å²) >= 11 is 6.20. The average Bonchev–Trinajstić information content (AvgIpc) is 2.78. The summed E-state index contributed by atoms with van der Waals surface area (Å²) in [5.41, 5.74) is 9.45. The predicted molar refractivity (Wildman–Crippen MR) is 127 cm³/mol. The van der Waals surface area contributed by atoms with Crippen molar-refractivity contribution >= 4 is 46.2 Å². The maximum atomic E-state index is 12.7. The first kappa shape index (κ1) is 22.2. The molecule has 6 nitrogen and oxygen atoms in total. The number of para-hydroxylation sites is 1. The third-order valence-corrected chi connectivity index (χ3v) is 5.23. The van der Waals surface area contributed by atoms with Crippen LogP contribution < -0.4 is 16.4 Å². The van der Waals surface area contributed by atoms with Gasteiger partial charge in [-0.15, -0.1) is 0 Å². The molecule has 0 saturated carbocycles. The van der Waals surface area contributed by atoms with Gasteiger partial charge in [-0.3, -0.25) is 9.59 Å². The van der Waals surface area contributed by atoms with E-state index in [9.17, 15) is 9.59 Å². The lowest BCUT2D eigenvalue weighted by Crippen LogP contribution is -2.30. The summed E-state index contributed by atoms with van der Waals surface area (Å²) < 4.78 is 0. The van der Waals surface area contributed by atoms with Gasteiger partial charge >= 0.3 is 0 Å². The quantitative estimate of drug-likeness (QED) is 0.433. The minimum Gasteiger partial charge on any atom is -0.397 e. The normalized spacial score (nSPS) is 10.4. The molecule has 160 valence electrons. The fourth-order valence-electron chi connectivity index (χ4n) is 3.11. The van der Waals surface area contributed by atoms with Gasteiger partial charge in [0.15, 0.2) is 0 Å². The molecule has 0 fully saturated rings. The highest BCUT2D eigenvalue weighted by Gasteiger charge is 2.13. The zero-order valence-electron chi connectivity index (χ0n) is 17.5. The lowest BCUT2D eigenvalue weighted by molar-refractivity contribution is 0.0773. The Kier molecular flexibility index (Phi) is 7.15. The number of nitrogen functional groups attached to an aromatic ring is 1. The molecule has 0 atom stereocenters. The maximum Gasteiger partial charge on any atom is 0.255 e. The molecule has 0 aromatic heterocycles. The van der Waals surface area contributed by atoms with Gasteiger partial charge < -0.3 is 21.3 Å². The van der Waals surface area contributed by atoms with Gasteiger partial charge in [0.1, 0.15) is 0 Å². The van der Waals surface area contributed by atoms with Crippen molar-refractivity contribution in [3.05, 3.63) is 82.9 Å². The van der Waals surface area contributed by atoms with E-state index in [0.717, 1.165) is 0 Å². The Labute approximate surface area is 187 Å². The average molecular weight is 437 g/mol. The molecule has 0 spiro atoms. The first-order valence-corrected chi connectivity index (χ1v) is 10.4. The highest BCUT2D eigenvalue weighted by molar-refractivity contribution is 6.33. The molecule has 4 N–H and O–H groups in total. The summed E-state index contributed by atoms with van der Waals surface area (Å²) in [6, 6.07) is 19.1. The number of benzene rings is 3. The molecular formula is C24H25ClN4O2. The van der Waals surface area contributed by atoms with Crippen LogP contribution in [0.1, 0.15) is 34.6 Å². The van der Waals surface area contributed by atoms with E-state index >= 15 is 0 Å². The molecule has 0 aliphatic rings. The molecule has 0 saturated heterocycles. The molecule has 0 heterocycles. The summed E-state index contributed by atoms with van der Waals surface area (Å²) in [7, 11) is 0. The van der Waals surface area contributed by atoms with Gasteiger partial charge in [0.05, 0.1) is 22.1 Å². The van der Waals surface area contributed by atoms with Gasteiger partial charge in [-0.05, 0) is 68.4 Å². The van der Waals surface area contributed by atoms with Gasteiger partial charge in [0.25, 0.3) is 11.8 Å². The van der Waals surface area contributed by atoms with Crippen molar-refractivity contribution in [2.24, 2.45) is 0 Å². The van der Waals surface area contributed by atoms with Crippen LogP contribution in [-0.2, 0) is 0 Å². The second kappa shape index (κ2) is 10.00. The van der Waals surface area contributed by atoms with Crippen LogP contribution in [0.2, 0.25) is 5.02 Å². The number of rotatable bonds is 7. The van der Waals surface area contributed by atoms with Gasteiger partial charge in [-0.2, -0.15) is 0 Å². The molecule has 0 aliphatic heterocycles. The molecule has 0 bridgehead atoms. The predicted octanol–water partition coefficient (Wildman–Crippen LogP) is 5.40. The van der Waals surface area contributed by atoms with Crippen molar-refractivity contribution in [2.75, 3.05) is 29.5 Å². The Bertz CT molecular complexity index is 1080. The third-order valence-electron chi connectivity index (χ3n) is 4.90. The standard InChI is InChI=1S/C24H25ClN4O2/c1-3-29(4-2)24(31)16-9-12-18(13-10-16)27-23(30)17-11-14-20(26)22(15-17)28-21-8-6-5-7-19(21)25/h5-15,28H,3-4,26H2,1-2H3,(H,27,30). The van der Waals surface area contributed by atoms with Crippen molar-refractivity contribution < 1.29 is 9.59 Å². The lowest BCUT2D eigenvalue weighted by atomic mass is 10.1. The first-order valence-electron chi connectivity index (χ1n) is 10.0. The minimum absolute atomic E-state index is 0.0308. The second-order valence-corrected chi connectivity index (χ2v) is 7.32. The van der Waals surface area contributed by atoms with Crippen LogP contribution in [0, 0.1) is 0 Å². The second-order valence-electron chi connectivity index (χ2n) is 6.92. The van der Waals surface area contributed by atoms with Gasteiger partial charge in [-0.25, -0.2) is 0 Å². The van der Waals surface area contributed by atoms with Crippen LogP contribution >= 0.6 is 11.6 Å². The van der Waals surface area contributed by atoms with E-state index in [-0.39, 0.29) is 11.8 Å². The number of nitrogens with two attached hydrogens (primary N) is 1. The van der Waals surface area contributed by atoms with E-state index in [0.29, 0.717) is 52.0 Å². The fraction of sp³-hybridized carbons (Fsp3) is 0.167. The highest BCUT2D eigenvalue weighted by Crippen LogP contribution is 2.29. The monoisotopic (exact) mass is 436 g/mol. The largest absolute Gasteiger partial charge is 0.397 e. The van der Waals surface area contributed by atoms with E-state index in [1.54, 1.807) is 53.4 Å². The maximum absolute atomic E-state index is 12.7. The summed E-state index contributed by atoms with van der Waals surface area (Å²) in [5.74, 6) is -0.318. The Balaban J connectivity index is 1.73. The summed E-state index contributed by atoms with van der Waals surface area (Å²) in [5, 5.41) is 6.56. The minimum atomic E-state index is -0.287. The van der Waals surface area contributed by atoms with E-state index in [1.165, 1.54) is 0 Å². The number of carbonyl (C=O) groups excluding carboxylic acids is 2. The molecule has 0 unspecified atom stereocenters. The van der Waals surface area contributed by atoms with E-state index < -0.39 is 0 Å². The number of nitrogens with zero attached hydrogens (tertiary/aromatic N) is 1. The molecule has 31 heavy (non-hydrogen) atoms. The van der Waals surface area contributed by atoms with E-state index in [1.807, 2.05) is 32.0 Å². The third kappa shape index (κ3) is 5.35. The first-order chi connectivity index (χ1) is 14.9. The SMILES string of the molecule is CCN(CC)C(=O)c1ccc(NC(=O)c2ccc(N)c(Nc3ccccc3Cl)c2)cc1. The van der Waals surface area contributed by atoms with Gasteiger partial charge in [-0.1, -0.05) is 23.7 Å². The highest BCUT2D eigenvalue weighted by atomic mass is 35.5. The van der Waals surface area contributed by atoms with Crippen molar-refractivity contribution in [2.45, 2.75) is 13.8 Å². The zero-order chi connectivity index (χ0) is 22.4. The fourth-order valence-corrected chi connectivity index (χ4v) is 3.29. The summed E-state index contributed by atoms with van der Waals surface area (Å²) in [4.78, 5) is 26.9. The molecule has 7 heteroatoms. The van der Waals surface area contributed by atoms with Gasteiger partial charge in [0.2, 0.25) is 0 Å². The van der Waals surface area contributed by atoms with E-state index in [4.69, 9.17) is 17.3 Å². The van der Waals surface area contributed by atoms with Crippen molar-refractivity contribution in [3.8, 4) is 0 Å². The summed E-state index contributed by atoms with van der Waals surface area (Å²) in [6.45, 7) is 5.18. The van der Waals surface area contributed by atoms with E-state index in [2.05, 4.69) is 10.6 Å². The number of carbonyl (C=O) groups is 2. The Morgan fingerprint density at radius 2 is 1.55 bits per heavy atom. The topological polar surface area (TPSA) is 87.5 Å². The van der Waals surface area contributed by atoms with Crippen LogP contribution in [-0.4, -0.2) is 29.8 Å². The van der Waals surface area contributed by atoms with Crippen molar-refractivity contribution in [1.29, 1.82) is 0 Å². The number of nitrogens with one attached hydrogen (secondary N) is 2. The smallest absolute Gasteiger partial charge is 0.255 e. The van der Waals surface area contributed by atoms with Crippen LogP contribution in [0.4, 0.5) is 22.7 Å². The van der Waals surface area contributed by atoms with Gasteiger partial charge in [0, 0.05) is 29.9 Å². The molecule has 3 aromatic rings. The number of hydrogen-bond donors (Lipinski definition) is 3. The number of amides is 2. The summed E-state index contributed by atoms with van der Waals surface area (Å²) in [6.07, 6.45) is 0. The van der Waals surface area contributed by atoms with Crippen LogP contribution in [0.25, 0.3) is 0 Å². The Morgan fingerprint density at radius 1 is 0.903 bits per heavy atom. The van der Waals surface area contributed by atoms with Crippen molar-refractivity contribution in [1.82, 2.24) is 4.90 Å². The molecule has 0 radical (unpaired) electrons.